The molecule has 1 saturated heterocycles. The lowest BCUT2D eigenvalue weighted by molar-refractivity contribution is -0.139. The van der Waals surface area contributed by atoms with Crippen molar-refractivity contribution in [1.29, 1.82) is 0 Å². The van der Waals surface area contributed by atoms with Crippen LogP contribution in [0.5, 0.6) is 0 Å². The van der Waals surface area contributed by atoms with Crippen molar-refractivity contribution in [3.8, 4) is 0 Å². The van der Waals surface area contributed by atoms with Gasteiger partial charge in [-0.05, 0) is 57.4 Å². The van der Waals surface area contributed by atoms with Gasteiger partial charge in [-0.1, -0.05) is 17.2 Å². The van der Waals surface area contributed by atoms with Gasteiger partial charge < -0.3 is 28.1 Å². The molecule has 1 aromatic heterocycles. The van der Waals surface area contributed by atoms with E-state index in [1.54, 1.807) is 7.11 Å². The molecular weight excluding hydrogens is 400 g/mol. The Labute approximate surface area is 183 Å². The number of allylic oxidation sites excluding steroid dienone is 1. The minimum absolute atomic E-state index is 0.230. The molecule has 2 aliphatic rings. The van der Waals surface area contributed by atoms with Gasteiger partial charge in [-0.2, -0.15) is 0 Å². The van der Waals surface area contributed by atoms with E-state index in [0.717, 1.165) is 34.5 Å². The van der Waals surface area contributed by atoms with Gasteiger partial charge in [0.2, 0.25) is 6.29 Å². The maximum atomic E-state index is 12.2. The van der Waals surface area contributed by atoms with Crippen LogP contribution in [0.15, 0.2) is 39.4 Å². The molecule has 3 rings (SSSR count). The van der Waals surface area contributed by atoms with Crippen LogP contribution < -0.4 is 0 Å². The molecule has 0 aliphatic carbocycles. The fraction of sp³-hybridized carbons (Fsp3) is 0.542. The maximum absolute atomic E-state index is 12.2. The lowest BCUT2D eigenvalue weighted by atomic mass is 10.1. The van der Waals surface area contributed by atoms with E-state index in [9.17, 15) is 4.79 Å². The second kappa shape index (κ2) is 11.4. The van der Waals surface area contributed by atoms with E-state index in [4.69, 9.17) is 28.1 Å². The summed E-state index contributed by atoms with van der Waals surface area (Å²) in [5.41, 5.74) is 3.90. The Morgan fingerprint density at radius 3 is 2.74 bits per heavy atom. The van der Waals surface area contributed by atoms with E-state index >= 15 is 0 Å². The largest absolute Gasteiger partial charge is 0.456 e. The van der Waals surface area contributed by atoms with Crippen LogP contribution in [0.25, 0.3) is 6.08 Å². The molecular formula is C24H32O7. The van der Waals surface area contributed by atoms with Crippen LogP contribution in [-0.4, -0.2) is 45.8 Å². The van der Waals surface area contributed by atoms with Crippen LogP contribution in [0.2, 0.25) is 0 Å². The molecule has 1 atom stereocenters. The monoisotopic (exact) mass is 432 g/mol. The minimum Gasteiger partial charge on any atom is -0.456 e. The van der Waals surface area contributed by atoms with Crippen molar-refractivity contribution in [1.82, 2.24) is 0 Å². The molecule has 2 aliphatic heterocycles. The highest BCUT2D eigenvalue weighted by atomic mass is 16.7. The van der Waals surface area contributed by atoms with E-state index in [1.165, 1.54) is 0 Å². The quantitative estimate of drug-likeness (QED) is 0.218. The van der Waals surface area contributed by atoms with Gasteiger partial charge in [0.05, 0.1) is 19.8 Å². The SMILES string of the molecule is COCOC/C(C)=C/CCC1=CC(C/C(C)=C\c2cc(C)c(C3OCCO3)o2)OC1=O. The number of hydrogen-bond acceptors (Lipinski definition) is 7. The summed E-state index contributed by atoms with van der Waals surface area (Å²) in [6.45, 7) is 7.94. The van der Waals surface area contributed by atoms with Gasteiger partial charge in [-0.15, -0.1) is 0 Å². The summed E-state index contributed by atoms with van der Waals surface area (Å²) >= 11 is 0. The maximum Gasteiger partial charge on any atom is 0.334 e. The first-order valence-electron chi connectivity index (χ1n) is 10.6. The Balaban J connectivity index is 1.51. The van der Waals surface area contributed by atoms with Gasteiger partial charge in [0.25, 0.3) is 0 Å². The van der Waals surface area contributed by atoms with Gasteiger partial charge in [0, 0.05) is 19.1 Å². The molecule has 0 radical (unpaired) electrons. The summed E-state index contributed by atoms with van der Waals surface area (Å²) in [5, 5.41) is 0. The van der Waals surface area contributed by atoms with Crippen molar-refractivity contribution in [3.63, 3.8) is 0 Å². The highest BCUT2D eigenvalue weighted by Gasteiger charge is 2.26. The number of rotatable bonds is 11. The van der Waals surface area contributed by atoms with Crippen molar-refractivity contribution in [2.75, 3.05) is 33.7 Å². The van der Waals surface area contributed by atoms with Crippen molar-refractivity contribution >= 4 is 12.0 Å². The molecule has 0 N–H and O–H groups in total. The van der Waals surface area contributed by atoms with Crippen LogP contribution in [0.4, 0.5) is 0 Å². The molecule has 1 unspecified atom stereocenters. The van der Waals surface area contributed by atoms with Crippen LogP contribution in [0, 0.1) is 6.92 Å². The lowest BCUT2D eigenvalue weighted by Crippen LogP contribution is -2.08. The van der Waals surface area contributed by atoms with Gasteiger partial charge in [0.1, 0.15) is 18.7 Å². The molecule has 7 heteroatoms. The Hall–Kier alpha value is -2.19. The van der Waals surface area contributed by atoms with Crippen molar-refractivity contribution < 1.29 is 32.9 Å². The third kappa shape index (κ3) is 6.90. The Bertz CT molecular complexity index is 840. The fourth-order valence-electron chi connectivity index (χ4n) is 3.60. The summed E-state index contributed by atoms with van der Waals surface area (Å²) in [7, 11) is 1.60. The molecule has 0 saturated carbocycles. The number of cyclic esters (lactones) is 1. The molecule has 1 aromatic rings. The highest BCUT2D eigenvalue weighted by Crippen LogP contribution is 2.30. The molecule has 0 bridgehead atoms. The van der Waals surface area contributed by atoms with E-state index in [2.05, 4.69) is 6.08 Å². The number of hydrogen-bond donors (Lipinski definition) is 0. The van der Waals surface area contributed by atoms with E-state index < -0.39 is 6.29 Å². The van der Waals surface area contributed by atoms with Crippen LogP contribution in [0.3, 0.4) is 0 Å². The topological polar surface area (TPSA) is 76.4 Å². The normalized spacial score (nSPS) is 20.5. The van der Waals surface area contributed by atoms with Crippen LogP contribution in [-0.2, 0) is 28.5 Å². The molecule has 7 nitrogen and oxygen atoms in total. The highest BCUT2D eigenvalue weighted by molar-refractivity contribution is 5.90. The molecule has 3 heterocycles. The average molecular weight is 433 g/mol. The Kier molecular flexibility index (Phi) is 8.66. The zero-order valence-corrected chi connectivity index (χ0v) is 18.8. The number of aryl methyl sites for hydroxylation is 1. The molecule has 0 spiro atoms. The van der Waals surface area contributed by atoms with Crippen LogP contribution >= 0.6 is 0 Å². The Morgan fingerprint density at radius 2 is 2.00 bits per heavy atom. The summed E-state index contributed by atoms with van der Waals surface area (Å²) in [6.07, 6.45) is 7.36. The van der Waals surface area contributed by atoms with Gasteiger partial charge >= 0.3 is 5.97 Å². The second-order valence-electron chi connectivity index (χ2n) is 7.94. The van der Waals surface area contributed by atoms with Crippen molar-refractivity contribution in [2.45, 2.75) is 52.4 Å². The summed E-state index contributed by atoms with van der Waals surface area (Å²) in [4.78, 5) is 12.2. The summed E-state index contributed by atoms with van der Waals surface area (Å²) in [6, 6.07) is 1.97. The number of carbonyl (C=O) groups excluding carboxylic acids is 1. The zero-order valence-electron chi connectivity index (χ0n) is 18.8. The summed E-state index contributed by atoms with van der Waals surface area (Å²) in [5.74, 6) is 1.22. The average Bonchev–Trinajstić information content (AvgIpc) is 3.43. The van der Waals surface area contributed by atoms with E-state index in [1.807, 2.05) is 39.0 Å². The minimum atomic E-state index is -0.423. The second-order valence-corrected chi connectivity index (χ2v) is 7.94. The van der Waals surface area contributed by atoms with Crippen molar-refractivity contribution in [2.24, 2.45) is 0 Å². The molecule has 0 aromatic carbocycles. The standard InChI is InChI=1S/C24H32O7/c1-16(14-27-15-26-4)6-5-7-19-13-21(31-23(19)25)11-17(2)10-20-12-18(3)22(30-20)24-28-8-9-29-24/h6,10,12-13,21,24H,5,7-9,11,14-15H2,1-4H3/b16-6+,17-10-. The smallest absolute Gasteiger partial charge is 0.334 e. The fourth-order valence-corrected chi connectivity index (χ4v) is 3.60. The number of carbonyl (C=O) groups is 1. The molecule has 1 fully saturated rings. The third-order valence-electron chi connectivity index (χ3n) is 5.07. The predicted octanol–water partition coefficient (Wildman–Crippen LogP) is 4.63. The molecule has 170 valence electrons. The molecule has 31 heavy (non-hydrogen) atoms. The zero-order chi connectivity index (χ0) is 22.2. The number of esters is 1. The van der Waals surface area contributed by atoms with Gasteiger partial charge in [-0.25, -0.2) is 4.79 Å². The number of ether oxygens (including phenoxy) is 5. The first-order chi connectivity index (χ1) is 15.0. The predicted molar refractivity (Wildman–Crippen MR) is 115 cm³/mol. The number of furan rings is 1. The third-order valence-corrected chi connectivity index (χ3v) is 5.07. The lowest BCUT2D eigenvalue weighted by Gasteiger charge is -2.08. The first-order valence-corrected chi connectivity index (χ1v) is 10.6. The van der Waals surface area contributed by atoms with Crippen molar-refractivity contribution in [3.05, 3.63) is 52.0 Å². The van der Waals surface area contributed by atoms with E-state index in [0.29, 0.717) is 38.4 Å². The summed E-state index contributed by atoms with van der Waals surface area (Å²) < 4.78 is 32.7. The molecule has 0 amide bonds. The van der Waals surface area contributed by atoms with Crippen LogP contribution in [0.1, 0.15) is 56.5 Å². The van der Waals surface area contributed by atoms with Gasteiger partial charge in [0.15, 0.2) is 5.76 Å². The Morgan fingerprint density at radius 1 is 1.23 bits per heavy atom. The number of methoxy groups -OCH3 is 1. The first kappa shape index (κ1) is 23.5. The van der Waals surface area contributed by atoms with E-state index in [-0.39, 0.29) is 18.9 Å². The van der Waals surface area contributed by atoms with Gasteiger partial charge in [-0.3, -0.25) is 0 Å².